The Hall–Kier alpha value is -2.78. The molecule has 0 fully saturated rings. The summed E-state index contributed by atoms with van der Waals surface area (Å²) in [7, 11) is -3.59. The van der Waals surface area contributed by atoms with Gasteiger partial charge in [-0.3, -0.25) is 9.59 Å². The van der Waals surface area contributed by atoms with Gasteiger partial charge in [-0.1, -0.05) is 19.9 Å². The number of sulfonamides is 1. The van der Waals surface area contributed by atoms with E-state index in [1.54, 1.807) is 13.8 Å². The van der Waals surface area contributed by atoms with Gasteiger partial charge in [0.15, 0.2) is 0 Å². The molecule has 0 saturated carbocycles. The molecule has 29 heavy (non-hydrogen) atoms. The highest BCUT2D eigenvalue weighted by molar-refractivity contribution is 7.89. The Labute approximate surface area is 169 Å². The van der Waals surface area contributed by atoms with Crippen molar-refractivity contribution in [1.29, 1.82) is 0 Å². The van der Waals surface area contributed by atoms with Crippen LogP contribution in [0.25, 0.3) is 0 Å². The molecule has 9 heteroatoms. The van der Waals surface area contributed by atoms with Gasteiger partial charge in [-0.05, 0) is 42.0 Å². The number of nitrogens with one attached hydrogen (secondary N) is 2. The Kier molecular flexibility index (Phi) is 5.99. The second kappa shape index (κ2) is 8.30. The van der Waals surface area contributed by atoms with Crippen LogP contribution in [0, 0.1) is 5.82 Å². The number of fused-ring (bicyclic) bond motifs is 1. The van der Waals surface area contributed by atoms with E-state index in [1.165, 1.54) is 46.8 Å². The lowest BCUT2D eigenvalue weighted by Crippen LogP contribution is -2.31. The van der Waals surface area contributed by atoms with Crippen LogP contribution in [-0.4, -0.2) is 37.6 Å². The fraction of sp³-hybridized carbons (Fsp3) is 0.300. The molecule has 2 amide bonds. The molecule has 1 aliphatic heterocycles. The molecule has 0 saturated heterocycles. The zero-order chi connectivity index (χ0) is 21.2. The monoisotopic (exact) mass is 419 g/mol. The molecule has 0 radical (unpaired) electrons. The second-order valence-electron chi connectivity index (χ2n) is 6.64. The van der Waals surface area contributed by atoms with E-state index in [1.807, 2.05) is 0 Å². The zero-order valence-corrected chi connectivity index (χ0v) is 16.9. The molecule has 1 unspecified atom stereocenters. The summed E-state index contributed by atoms with van der Waals surface area (Å²) >= 11 is 0. The molecular weight excluding hydrogens is 397 g/mol. The summed E-state index contributed by atoms with van der Waals surface area (Å²) < 4.78 is 39.9. The van der Waals surface area contributed by atoms with Gasteiger partial charge in [0.25, 0.3) is 0 Å². The highest BCUT2D eigenvalue weighted by Gasteiger charge is 2.31. The average molecular weight is 419 g/mol. The van der Waals surface area contributed by atoms with Crippen LogP contribution in [0.2, 0.25) is 0 Å². The van der Waals surface area contributed by atoms with Crippen LogP contribution in [-0.2, 0) is 19.6 Å². The van der Waals surface area contributed by atoms with Crippen LogP contribution in [0.5, 0.6) is 0 Å². The van der Waals surface area contributed by atoms with Gasteiger partial charge >= 0.3 is 0 Å². The van der Waals surface area contributed by atoms with Crippen molar-refractivity contribution < 1.29 is 22.4 Å². The molecule has 0 aromatic heterocycles. The number of carbonyl (C=O) groups excluding carboxylic acids is 2. The van der Waals surface area contributed by atoms with Crippen molar-refractivity contribution in [3.05, 3.63) is 53.8 Å². The minimum Gasteiger partial charge on any atom is -0.326 e. The largest absolute Gasteiger partial charge is 0.326 e. The van der Waals surface area contributed by atoms with Gasteiger partial charge in [0, 0.05) is 30.9 Å². The van der Waals surface area contributed by atoms with Crippen molar-refractivity contribution in [3.8, 4) is 0 Å². The molecule has 2 aromatic carbocycles. The van der Waals surface area contributed by atoms with Crippen LogP contribution in [0.1, 0.15) is 31.7 Å². The lowest BCUT2D eigenvalue weighted by Gasteiger charge is -2.25. The molecular formula is C20H22FN3O4S. The minimum absolute atomic E-state index is 0.0567. The van der Waals surface area contributed by atoms with Gasteiger partial charge in [-0.15, -0.1) is 0 Å². The topological polar surface area (TPSA) is 95.6 Å². The SMILES string of the molecule is CCN(CC)S(=O)(=O)c1ccc(NC(=O)C2CC(=O)Nc3cc(F)ccc32)cc1. The number of rotatable bonds is 6. The van der Waals surface area contributed by atoms with Crippen molar-refractivity contribution in [3.63, 3.8) is 0 Å². The van der Waals surface area contributed by atoms with E-state index in [4.69, 9.17) is 0 Å². The number of anilines is 2. The van der Waals surface area contributed by atoms with E-state index < -0.39 is 27.7 Å². The fourth-order valence-corrected chi connectivity index (χ4v) is 4.78. The number of hydrogen-bond donors (Lipinski definition) is 2. The Bertz CT molecular complexity index is 1030. The Morgan fingerprint density at radius 2 is 1.83 bits per heavy atom. The van der Waals surface area contributed by atoms with Gasteiger partial charge in [-0.25, -0.2) is 12.8 Å². The van der Waals surface area contributed by atoms with Crippen LogP contribution in [0.3, 0.4) is 0 Å². The molecule has 1 atom stereocenters. The van der Waals surface area contributed by atoms with E-state index in [-0.39, 0.29) is 22.9 Å². The van der Waals surface area contributed by atoms with Gasteiger partial charge in [0.2, 0.25) is 21.8 Å². The number of halogens is 1. The van der Waals surface area contributed by atoms with Crippen molar-refractivity contribution in [2.24, 2.45) is 0 Å². The molecule has 154 valence electrons. The van der Waals surface area contributed by atoms with E-state index in [9.17, 15) is 22.4 Å². The Balaban J connectivity index is 1.79. The molecule has 0 spiro atoms. The third kappa shape index (κ3) is 4.30. The normalized spacial score (nSPS) is 16.3. The summed E-state index contributed by atoms with van der Waals surface area (Å²) in [5.41, 5.74) is 1.22. The van der Waals surface area contributed by atoms with Crippen molar-refractivity contribution in [2.75, 3.05) is 23.7 Å². The average Bonchev–Trinajstić information content (AvgIpc) is 2.68. The first kappa shape index (κ1) is 20.9. The van der Waals surface area contributed by atoms with E-state index in [2.05, 4.69) is 10.6 Å². The summed E-state index contributed by atoms with van der Waals surface area (Å²) in [4.78, 5) is 24.8. The summed E-state index contributed by atoms with van der Waals surface area (Å²) in [5.74, 6) is -2.07. The molecule has 1 aliphatic rings. The smallest absolute Gasteiger partial charge is 0.243 e. The van der Waals surface area contributed by atoms with E-state index in [0.717, 1.165) is 0 Å². The standard InChI is InChI=1S/C20H22FN3O4S/c1-3-24(4-2)29(27,28)15-8-6-14(7-9-15)22-20(26)17-12-19(25)23-18-11-13(21)5-10-16(17)18/h5-11,17H,3-4,12H2,1-2H3,(H,22,26)(H,23,25). The number of nitrogens with zero attached hydrogens (tertiary/aromatic N) is 1. The maximum atomic E-state index is 13.4. The van der Waals surface area contributed by atoms with Gasteiger partial charge in [0.1, 0.15) is 5.82 Å². The summed E-state index contributed by atoms with van der Waals surface area (Å²) in [6.07, 6.45) is -0.0567. The fourth-order valence-electron chi connectivity index (χ4n) is 3.32. The quantitative estimate of drug-likeness (QED) is 0.753. The van der Waals surface area contributed by atoms with Gasteiger partial charge in [0.05, 0.1) is 10.8 Å². The zero-order valence-electron chi connectivity index (χ0n) is 16.1. The van der Waals surface area contributed by atoms with Gasteiger partial charge in [-0.2, -0.15) is 4.31 Å². The second-order valence-corrected chi connectivity index (χ2v) is 8.58. The first-order chi connectivity index (χ1) is 13.8. The first-order valence-corrected chi connectivity index (χ1v) is 10.7. The van der Waals surface area contributed by atoms with Crippen molar-refractivity contribution in [1.82, 2.24) is 4.31 Å². The lowest BCUT2D eigenvalue weighted by atomic mass is 9.89. The van der Waals surface area contributed by atoms with Crippen LogP contribution in [0.15, 0.2) is 47.4 Å². The maximum absolute atomic E-state index is 13.4. The Morgan fingerprint density at radius 3 is 2.45 bits per heavy atom. The summed E-state index contributed by atoms with van der Waals surface area (Å²) in [6, 6.07) is 9.77. The van der Waals surface area contributed by atoms with Crippen molar-refractivity contribution >= 4 is 33.2 Å². The third-order valence-electron chi connectivity index (χ3n) is 4.84. The molecule has 0 bridgehead atoms. The number of carbonyl (C=O) groups is 2. The Morgan fingerprint density at radius 1 is 1.17 bits per heavy atom. The third-order valence-corrected chi connectivity index (χ3v) is 6.90. The number of hydrogen-bond acceptors (Lipinski definition) is 4. The molecule has 0 aliphatic carbocycles. The predicted molar refractivity (Wildman–Crippen MR) is 108 cm³/mol. The molecule has 3 rings (SSSR count). The first-order valence-electron chi connectivity index (χ1n) is 9.26. The molecule has 1 heterocycles. The summed E-state index contributed by atoms with van der Waals surface area (Å²) in [6.45, 7) is 4.25. The van der Waals surface area contributed by atoms with E-state index >= 15 is 0 Å². The van der Waals surface area contributed by atoms with Crippen molar-refractivity contribution in [2.45, 2.75) is 31.1 Å². The molecule has 2 N–H and O–H groups in total. The predicted octanol–water partition coefficient (Wildman–Crippen LogP) is 2.92. The molecule has 7 nitrogen and oxygen atoms in total. The highest BCUT2D eigenvalue weighted by Crippen LogP contribution is 2.33. The van der Waals surface area contributed by atoms with E-state index in [0.29, 0.717) is 24.3 Å². The van der Waals surface area contributed by atoms with Crippen LogP contribution >= 0.6 is 0 Å². The maximum Gasteiger partial charge on any atom is 0.243 e. The highest BCUT2D eigenvalue weighted by atomic mass is 32.2. The lowest BCUT2D eigenvalue weighted by molar-refractivity contribution is -0.123. The van der Waals surface area contributed by atoms with Crippen LogP contribution < -0.4 is 10.6 Å². The number of amides is 2. The summed E-state index contributed by atoms with van der Waals surface area (Å²) in [5, 5.41) is 5.27. The molecule has 2 aromatic rings. The number of benzene rings is 2. The van der Waals surface area contributed by atoms with Gasteiger partial charge < -0.3 is 10.6 Å². The van der Waals surface area contributed by atoms with Crippen LogP contribution in [0.4, 0.5) is 15.8 Å². The minimum atomic E-state index is -3.59.